The molecule has 0 saturated carbocycles. The number of hydrogen-bond donors (Lipinski definition) is 0. The SMILES string of the molecule is Clc1ccc(N2CCOCC2)c(-n2cccc2)c1. The second-order valence-electron chi connectivity index (χ2n) is 4.32. The van der Waals surface area contributed by atoms with Gasteiger partial charge in [-0.15, -0.1) is 0 Å². The summed E-state index contributed by atoms with van der Waals surface area (Å²) in [7, 11) is 0. The third-order valence-corrected chi connectivity index (χ3v) is 3.41. The third kappa shape index (κ3) is 2.24. The molecule has 2 aromatic rings. The molecule has 1 aromatic carbocycles. The number of ether oxygens (including phenoxy) is 1. The van der Waals surface area contributed by atoms with Gasteiger partial charge in [0.2, 0.25) is 0 Å². The van der Waals surface area contributed by atoms with E-state index in [9.17, 15) is 0 Å². The van der Waals surface area contributed by atoms with Gasteiger partial charge in [0, 0.05) is 30.5 Å². The van der Waals surface area contributed by atoms with Crippen LogP contribution in [-0.4, -0.2) is 30.9 Å². The van der Waals surface area contributed by atoms with Crippen LogP contribution in [0.1, 0.15) is 0 Å². The van der Waals surface area contributed by atoms with Crippen LogP contribution in [0, 0.1) is 0 Å². The second kappa shape index (κ2) is 5.04. The Balaban J connectivity index is 2.02. The Morgan fingerprint density at radius 3 is 2.44 bits per heavy atom. The van der Waals surface area contributed by atoms with Gasteiger partial charge in [0.1, 0.15) is 0 Å². The molecule has 0 aliphatic carbocycles. The first-order chi connectivity index (χ1) is 8.84. The van der Waals surface area contributed by atoms with Crippen LogP contribution in [-0.2, 0) is 4.74 Å². The lowest BCUT2D eigenvalue weighted by Gasteiger charge is -2.30. The summed E-state index contributed by atoms with van der Waals surface area (Å²) in [6, 6.07) is 10.1. The van der Waals surface area contributed by atoms with Gasteiger partial charge in [0.25, 0.3) is 0 Å². The van der Waals surface area contributed by atoms with Crippen molar-refractivity contribution in [2.75, 3.05) is 31.2 Å². The number of anilines is 1. The number of nitrogens with zero attached hydrogens (tertiary/aromatic N) is 2. The molecule has 1 aliphatic heterocycles. The van der Waals surface area contributed by atoms with Crippen molar-refractivity contribution >= 4 is 17.3 Å². The quantitative estimate of drug-likeness (QED) is 0.828. The number of benzene rings is 1. The smallest absolute Gasteiger partial charge is 0.0699 e. The molecule has 18 heavy (non-hydrogen) atoms. The van der Waals surface area contributed by atoms with Crippen LogP contribution < -0.4 is 4.90 Å². The predicted octanol–water partition coefficient (Wildman–Crippen LogP) is 2.97. The molecule has 2 heterocycles. The van der Waals surface area contributed by atoms with Crippen LogP contribution in [0.4, 0.5) is 5.69 Å². The van der Waals surface area contributed by atoms with E-state index in [-0.39, 0.29) is 0 Å². The second-order valence-corrected chi connectivity index (χ2v) is 4.76. The van der Waals surface area contributed by atoms with Gasteiger partial charge in [-0.25, -0.2) is 0 Å². The zero-order valence-electron chi connectivity index (χ0n) is 10.1. The van der Waals surface area contributed by atoms with Gasteiger partial charge in [-0.2, -0.15) is 0 Å². The minimum Gasteiger partial charge on any atom is -0.378 e. The molecule has 94 valence electrons. The number of rotatable bonds is 2. The molecular formula is C14H15ClN2O. The standard InChI is InChI=1S/C14H15ClN2O/c15-12-3-4-13(17-7-9-18-10-8-17)14(11-12)16-5-1-2-6-16/h1-6,11H,7-10H2. The van der Waals surface area contributed by atoms with Crippen molar-refractivity contribution in [1.29, 1.82) is 0 Å². The molecule has 3 rings (SSSR count). The van der Waals surface area contributed by atoms with Gasteiger partial charge in [-0.3, -0.25) is 0 Å². The van der Waals surface area contributed by atoms with Crippen LogP contribution in [0.2, 0.25) is 5.02 Å². The van der Waals surface area contributed by atoms with Gasteiger partial charge in [0.15, 0.2) is 0 Å². The summed E-state index contributed by atoms with van der Waals surface area (Å²) in [5, 5.41) is 0.760. The van der Waals surface area contributed by atoms with Crippen molar-refractivity contribution in [3.8, 4) is 5.69 Å². The van der Waals surface area contributed by atoms with Gasteiger partial charge in [0.05, 0.1) is 24.6 Å². The van der Waals surface area contributed by atoms with Gasteiger partial charge < -0.3 is 14.2 Å². The van der Waals surface area contributed by atoms with Gasteiger partial charge in [-0.05, 0) is 30.3 Å². The fraction of sp³-hybridized carbons (Fsp3) is 0.286. The lowest BCUT2D eigenvalue weighted by atomic mass is 10.2. The van der Waals surface area contributed by atoms with Crippen LogP contribution in [0.15, 0.2) is 42.7 Å². The van der Waals surface area contributed by atoms with E-state index >= 15 is 0 Å². The van der Waals surface area contributed by atoms with Crippen molar-refractivity contribution in [1.82, 2.24) is 4.57 Å². The highest BCUT2D eigenvalue weighted by Gasteiger charge is 2.15. The first-order valence-corrected chi connectivity index (χ1v) is 6.48. The lowest BCUT2D eigenvalue weighted by molar-refractivity contribution is 0.122. The van der Waals surface area contributed by atoms with Crippen LogP contribution in [0.3, 0.4) is 0 Å². The zero-order valence-corrected chi connectivity index (χ0v) is 10.8. The van der Waals surface area contributed by atoms with E-state index in [0.717, 1.165) is 37.0 Å². The van der Waals surface area contributed by atoms with Gasteiger partial charge in [-0.1, -0.05) is 11.6 Å². The monoisotopic (exact) mass is 262 g/mol. The van der Waals surface area contributed by atoms with Crippen molar-refractivity contribution in [3.63, 3.8) is 0 Å². The molecule has 0 bridgehead atoms. The average Bonchev–Trinajstić information content (AvgIpc) is 2.93. The minimum atomic E-state index is 0.760. The maximum absolute atomic E-state index is 6.12. The maximum atomic E-state index is 6.12. The first kappa shape index (κ1) is 11.6. The average molecular weight is 263 g/mol. The zero-order chi connectivity index (χ0) is 12.4. The van der Waals surface area contributed by atoms with Crippen molar-refractivity contribution < 1.29 is 4.74 Å². The highest BCUT2D eigenvalue weighted by molar-refractivity contribution is 6.30. The first-order valence-electron chi connectivity index (χ1n) is 6.10. The Morgan fingerprint density at radius 2 is 1.72 bits per heavy atom. The van der Waals surface area contributed by atoms with E-state index < -0.39 is 0 Å². The fourth-order valence-electron chi connectivity index (χ4n) is 2.27. The third-order valence-electron chi connectivity index (χ3n) is 3.17. The molecule has 1 saturated heterocycles. The Labute approximate surface area is 112 Å². The number of halogens is 1. The Bertz CT molecular complexity index is 519. The molecule has 4 heteroatoms. The normalized spacial score (nSPS) is 15.9. The Kier molecular flexibility index (Phi) is 3.26. The summed E-state index contributed by atoms with van der Waals surface area (Å²) in [4.78, 5) is 2.34. The summed E-state index contributed by atoms with van der Waals surface area (Å²) in [6.07, 6.45) is 4.07. The highest BCUT2D eigenvalue weighted by Crippen LogP contribution is 2.28. The lowest BCUT2D eigenvalue weighted by Crippen LogP contribution is -2.36. The van der Waals surface area contributed by atoms with Gasteiger partial charge >= 0.3 is 0 Å². The van der Waals surface area contributed by atoms with Crippen molar-refractivity contribution in [2.45, 2.75) is 0 Å². The molecule has 0 radical (unpaired) electrons. The van der Waals surface area contributed by atoms with Crippen LogP contribution in [0.25, 0.3) is 5.69 Å². The molecule has 1 aromatic heterocycles. The summed E-state index contributed by atoms with van der Waals surface area (Å²) in [6.45, 7) is 3.42. The summed E-state index contributed by atoms with van der Waals surface area (Å²) in [5.74, 6) is 0. The number of morpholine rings is 1. The summed E-state index contributed by atoms with van der Waals surface area (Å²) < 4.78 is 7.49. The topological polar surface area (TPSA) is 17.4 Å². The molecular weight excluding hydrogens is 248 g/mol. The molecule has 0 unspecified atom stereocenters. The predicted molar refractivity (Wildman–Crippen MR) is 73.8 cm³/mol. The number of hydrogen-bond acceptors (Lipinski definition) is 2. The Morgan fingerprint density at radius 1 is 1.00 bits per heavy atom. The number of aromatic nitrogens is 1. The molecule has 1 fully saturated rings. The van der Waals surface area contributed by atoms with Crippen molar-refractivity contribution in [2.24, 2.45) is 0 Å². The van der Waals surface area contributed by atoms with E-state index in [1.54, 1.807) is 0 Å². The van der Waals surface area contributed by atoms with Crippen molar-refractivity contribution in [3.05, 3.63) is 47.7 Å². The summed E-state index contributed by atoms with van der Waals surface area (Å²) in [5.41, 5.74) is 2.33. The minimum absolute atomic E-state index is 0.760. The van der Waals surface area contributed by atoms with E-state index in [1.807, 2.05) is 36.7 Å². The van der Waals surface area contributed by atoms with E-state index in [4.69, 9.17) is 16.3 Å². The Hall–Kier alpha value is -1.45. The maximum Gasteiger partial charge on any atom is 0.0699 e. The van der Waals surface area contributed by atoms with E-state index in [0.29, 0.717) is 0 Å². The van der Waals surface area contributed by atoms with E-state index in [2.05, 4.69) is 15.5 Å². The molecule has 1 aliphatic rings. The fourth-order valence-corrected chi connectivity index (χ4v) is 2.44. The highest BCUT2D eigenvalue weighted by atomic mass is 35.5. The largest absolute Gasteiger partial charge is 0.378 e. The molecule has 0 atom stereocenters. The van der Waals surface area contributed by atoms with E-state index in [1.165, 1.54) is 5.69 Å². The summed E-state index contributed by atoms with van der Waals surface area (Å²) >= 11 is 6.12. The molecule has 0 N–H and O–H groups in total. The van der Waals surface area contributed by atoms with Crippen LogP contribution in [0.5, 0.6) is 0 Å². The molecule has 0 amide bonds. The molecule has 3 nitrogen and oxygen atoms in total. The van der Waals surface area contributed by atoms with Crippen LogP contribution >= 0.6 is 11.6 Å². The molecule has 0 spiro atoms.